The van der Waals surface area contributed by atoms with Crippen LogP contribution in [0.15, 0.2) is 12.3 Å². The van der Waals surface area contributed by atoms with Crippen molar-refractivity contribution >= 4 is 9.28 Å². The predicted octanol–water partition coefficient (Wildman–Crippen LogP) is 1.78. The largest absolute Gasteiger partial charge is 0.391 e. The zero-order valence-corrected chi connectivity index (χ0v) is 8.99. The van der Waals surface area contributed by atoms with Gasteiger partial charge in [0.05, 0.1) is 0 Å². The first-order valence-corrected chi connectivity index (χ1v) is 5.60. The Morgan fingerprint density at radius 2 is 1.45 bits per heavy atom. The second kappa shape index (κ2) is 5.52. The quantitative estimate of drug-likeness (QED) is 0.592. The molecule has 0 amide bonds. The molecule has 66 valence electrons. The molecule has 0 heterocycles. The zero-order valence-electron chi connectivity index (χ0n) is 7.83. The van der Waals surface area contributed by atoms with E-state index in [-0.39, 0.29) is 12.2 Å². The van der Waals surface area contributed by atoms with Crippen molar-refractivity contribution in [2.45, 2.75) is 39.9 Å². The maximum Gasteiger partial charge on any atom is 0.348 e. The van der Waals surface area contributed by atoms with E-state index in [9.17, 15) is 0 Å². The molecule has 11 heavy (non-hydrogen) atoms. The molecule has 0 N–H and O–H groups in total. The molecule has 3 heteroatoms. The summed E-state index contributed by atoms with van der Waals surface area (Å²) < 4.78 is 11.0. The fraction of sp³-hybridized carbons (Fsp3) is 0.750. The minimum atomic E-state index is -1.56. The molecule has 0 saturated heterocycles. The third-order valence-electron chi connectivity index (χ3n) is 1.01. The highest BCUT2D eigenvalue weighted by molar-refractivity contribution is 6.50. The lowest BCUT2D eigenvalue weighted by Crippen LogP contribution is -2.27. The van der Waals surface area contributed by atoms with Crippen LogP contribution in [0.3, 0.4) is 0 Å². The number of hydrogen-bond donors (Lipinski definition) is 0. The fourth-order valence-electron chi connectivity index (χ4n) is 0.680. The van der Waals surface area contributed by atoms with Gasteiger partial charge in [-0.25, -0.2) is 0 Å². The second-order valence-electron chi connectivity index (χ2n) is 2.97. The lowest BCUT2D eigenvalue weighted by atomic mass is 10.5. The molecule has 0 unspecified atom stereocenters. The average Bonchev–Trinajstić information content (AvgIpc) is 1.84. The molecule has 0 aliphatic heterocycles. The van der Waals surface area contributed by atoms with E-state index >= 15 is 0 Å². The molecule has 0 atom stereocenters. The van der Waals surface area contributed by atoms with Crippen LogP contribution in [0.25, 0.3) is 0 Å². The summed E-state index contributed by atoms with van der Waals surface area (Å²) in [6, 6.07) is 0. The van der Waals surface area contributed by atoms with Gasteiger partial charge in [-0.1, -0.05) is 5.70 Å². The molecule has 0 aliphatic rings. The summed E-state index contributed by atoms with van der Waals surface area (Å²) in [5, 5.41) is 0. The van der Waals surface area contributed by atoms with Crippen molar-refractivity contribution in [3.05, 3.63) is 12.3 Å². The number of rotatable bonds is 5. The SMILES string of the molecule is C=C[SiH](OC(C)C)OC(C)C. The Kier molecular flexibility index (Phi) is 5.46. The minimum absolute atomic E-state index is 0.239. The lowest BCUT2D eigenvalue weighted by Gasteiger charge is -2.17. The van der Waals surface area contributed by atoms with Gasteiger partial charge in [0.25, 0.3) is 0 Å². The summed E-state index contributed by atoms with van der Waals surface area (Å²) in [6.45, 7) is 11.7. The average molecular weight is 174 g/mol. The molecule has 0 saturated carbocycles. The first kappa shape index (κ1) is 10.9. The van der Waals surface area contributed by atoms with Crippen molar-refractivity contribution in [3.63, 3.8) is 0 Å². The van der Waals surface area contributed by atoms with E-state index in [1.807, 2.05) is 27.7 Å². The highest BCUT2D eigenvalue weighted by Gasteiger charge is 2.11. The Morgan fingerprint density at radius 1 is 1.09 bits per heavy atom. The minimum Gasteiger partial charge on any atom is -0.391 e. The van der Waals surface area contributed by atoms with E-state index < -0.39 is 9.28 Å². The van der Waals surface area contributed by atoms with Crippen molar-refractivity contribution in [2.24, 2.45) is 0 Å². The van der Waals surface area contributed by atoms with Crippen molar-refractivity contribution in [2.75, 3.05) is 0 Å². The van der Waals surface area contributed by atoms with E-state index in [4.69, 9.17) is 8.85 Å². The van der Waals surface area contributed by atoms with Gasteiger partial charge in [0.15, 0.2) is 0 Å². The van der Waals surface area contributed by atoms with Crippen LogP contribution >= 0.6 is 0 Å². The summed E-state index contributed by atoms with van der Waals surface area (Å²) in [4.78, 5) is 0. The molecule has 0 rings (SSSR count). The van der Waals surface area contributed by atoms with Crippen LogP contribution in [0.4, 0.5) is 0 Å². The molecule has 0 aromatic rings. The van der Waals surface area contributed by atoms with Crippen LogP contribution < -0.4 is 0 Å². The van der Waals surface area contributed by atoms with Gasteiger partial charge in [-0.3, -0.25) is 0 Å². The van der Waals surface area contributed by atoms with E-state index in [1.165, 1.54) is 0 Å². The Balaban J connectivity index is 3.67. The molecule has 0 aliphatic carbocycles. The van der Waals surface area contributed by atoms with Gasteiger partial charge in [-0.05, 0) is 27.7 Å². The van der Waals surface area contributed by atoms with E-state index in [0.717, 1.165) is 0 Å². The van der Waals surface area contributed by atoms with Gasteiger partial charge in [-0.15, -0.1) is 6.58 Å². The van der Waals surface area contributed by atoms with E-state index in [0.29, 0.717) is 0 Å². The van der Waals surface area contributed by atoms with E-state index in [2.05, 4.69) is 6.58 Å². The molecule has 0 aromatic heterocycles. The van der Waals surface area contributed by atoms with Crippen molar-refractivity contribution < 1.29 is 8.85 Å². The number of hydrogen-bond acceptors (Lipinski definition) is 2. The Morgan fingerprint density at radius 3 is 1.64 bits per heavy atom. The third kappa shape index (κ3) is 6.28. The molecule has 0 bridgehead atoms. The van der Waals surface area contributed by atoms with Gasteiger partial charge >= 0.3 is 9.28 Å². The molecule has 2 nitrogen and oxygen atoms in total. The molecular formula is C8H18O2Si. The smallest absolute Gasteiger partial charge is 0.348 e. The zero-order chi connectivity index (χ0) is 8.85. The predicted molar refractivity (Wildman–Crippen MR) is 49.8 cm³/mol. The Hall–Kier alpha value is -0.123. The van der Waals surface area contributed by atoms with Gasteiger partial charge in [0, 0.05) is 12.2 Å². The van der Waals surface area contributed by atoms with Crippen LogP contribution in [0, 0.1) is 0 Å². The summed E-state index contributed by atoms with van der Waals surface area (Å²) in [6.07, 6.45) is 0.479. The van der Waals surface area contributed by atoms with Gasteiger partial charge < -0.3 is 8.85 Å². The van der Waals surface area contributed by atoms with Gasteiger partial charge in [-0.2, -0.15) is 0 Å². The monoisotopic (exact) mass is 174 g/mol. The van der Waals surface area contributed by atoms with Crippen LogP contribution in [0.5, 0.6) is 0 Å². The molecule has 0 fully saturated rings. The summed E-state index contributed by atoms with van der Waals surface area (Å²) in [5.41, 5.74) is 1.81. The summed E-state index contributed by atoms with van der Waals surface area (Å²) in [7, 11) is -1.56. The molecule has 0 spiro atoms. The maximum absolute atomic E-state index is 5.51. The normalized spacial score (nSPS) is 11.5. The van der Waals surface area contributed by atoms with Gasteiger partial charge in [0.2, 0.25) is 0 Å². The third-order valence-corrected chi connectivity index (χ3v) is 3.02. The van der Waals surface area contributed by atoms with Crippen LogP contribution in [0.2, 0.25) is 0 Å². The summed E-state index contributed by atoms with van der Waals surface area (Å²) >= 11 is 0. The molecule has 0 radical (unpaired) electrons. The van der Waals surface area contributed by atoms with Gasteiger partial charge in [0.1, 0.15) is 0 Å². The highest BCUT2D eigenvalue weighted by Crippen LogP contribution is 2.00. The highest BCUT2D eigenvalue weighted by atomic mass is 28.3. The molecule has 0 aromatic carbocycles. The first-order valence-electron chi connectivity index (χ1n) is 3.99. The van der Waals surface area contributed by atoms with Crippen molar-refractivity contribution in [1.29, 1.82) is 0 Å². The summed E-state index contributed by atoms with van der Waals surface area (Å²) in [5.74, 6) is 0. The first-order chi connectivity index (χ1) is 5.06. The maximum atomic E-state index is 5.51. The topological polar surface area (TPSA) is 18.5 Å². The van der Waals surface area contributed by atoms with Crippen molar-refractivity contribution in [3.8, 4) is 0 Å². The van der Waals surface area contributed by atoms with Crippen LogP contribution in [0.1, 0.15) is 27.7 Å². The Labute approximate surface area is 71.1 Å². The van der Waals surface area contributed by atoms with Crippen LogP contribution in [-0.2, 0) is 8.85 Å². The fourth-order valence-corrected chi connectivity index (χ4v) is 2.04. The second-order valence-corrected chi connectivity index (χ2v) is 4.73. The molecular weight excluding hydrogens is 156 g/mol. The lowest BCUT2D eigenvalue weighted by molar-refractivity contribution is 0.138. The standard InChI is InChI=1S/C8H18O2Si/c1-6-11(9-7(2)3)10-8(4)5/h6-8,11H,1H2,2-5H3. The Bertz CT molecular complexity index is 103. The van der Waals surface area contributed by atoms with Crippen molar-refractivity contribution in [1.82, 2.24) is 0 Å². The van der Waals surface area contributed by atoms with Crippen LogP contribution in [-0.4, -0.2) is 21.5 Å². The van der Waals surface area contributed by atoms with E-state index in [1.54, 1.807) is 5.70 Å².